The van der Waals surface area contributed by atoms with Crippen LogP contribution in [0.3, 0.4) is 0 Å². The predicted octanol–water partition coefficient (Wildman–Crippen LogP) is 1.92. The molecule has 154 valence electrons. The van der Waals surface area contributed by atoms with Gasteiger partial charge in [0.15, 0.2) is 0 Å². The second-order valence-electron chi connectivity index (χ2n) is 7.43. The minimum absolute atomic E-state index is 0.0835. The van der Waals surface area contributed by atoms with Crippen LogP contribution >= 0.6 is 0 Å². The number of aromatic nitrogens is 2. The Labute approximate surface area is 172 Å². The third kappa shape index (κ3) is 3.20. The molecule has 0 saturated heterocycles. The van der Waals surface area contributed by atoms with Gasteiger partial charge in [0.05, 0.1) is 5.56 Å². The highest BCUT2D eigenvalue weighted by molar-refractivity contribution is 5.96. The van der Waals surface area contributed by atoms with Crippen LogP contribution in [0, 0.1) is 12.7 Å². The van der Waals surface area contributed by atoms with E-state index in [-0.39, 0.29) is 18.0 Å². The zero-order valence-electron chi connectivity index (χ0n) is 16.7. The molecule has 3 heterocycles. The van der Waals surface area contributed by atoms with E-state index in [1.165, 1.54) is 28.8 Å². The first kappa shape index (κ1) is 19.6. The fraction of sp³-hybridized carbons (Fsp3) is 0.227. The Hall–Kier alpha value is -3.68. The van der Waals surface area contributed by atoms with Crippen molar-refractivity contribution in [3.63, 3.8) is 0 Å². The van der Waals surface area contributed by atoms with Gasteiger partial charge in [0.2, 0.25) is 0 Å². The second kappa shape index (κ2) is 7.29. The van der Waals surface area contributed by atoms with Gasteiger partial charge in [0, 0.05) is 43.9 Å². The Kier molecular flexibility index (Phi) is 4.77. The lowest BCUT2D eigenvalue weighted by Gasteiger charge is -2.30. The first-order valence-electron chi connectivity index (χ1n) is 9.52. The van der Waals surface area contributed by atoms with Gasteiger partial charge in [-0.1, -0.05) is 0 Å². The fourth-order valence-corrected chi connectivity index (χ4v) is 3.88. The number of carbonyl (C=O) groups excluding carboxylic acids is 2. The van der Waals surface area contributed by atoms with Crippen molar-refractivity contribution >= 4 is 11.8 Å². The molecule has 2 aromatic heterocycles. The molecule has 0 unspecified atom stereocenters. The largest absolute Gasteiger partial charge is 0.365 e. The fourth-order valence-electron chi connectivity index (χ4n) is 3.88. The van der Waals surface area contributed by atoms with Crippen LogP contribution in [0.15, 0.2) is 47.5 Å². The minimum atomic E-state index is -0.814. The molecule has 4 rings (SSSR count). The number of halogens is 1. The number of rotatable bonds is 3. The van der Waals surface area contributed by atoms with E-state index < -0.39 is 17.3 Å². The number of primary amides is 1. The maximum absolute atomic E-state index is 13.3. The Bertz CT molecular complexity index is 1220. The third-order valence-corrected chi connectivity index (χ3v) is 5.65. The first-order chi connectivity index (χ1) is 14.3. The van der Waals surface area contributed by atoms with Gasteiger partial charge in [-0.3, -0.25) is 19.0 Å². The van der Waals surface area contributed by atoms with E-state index in [1.54, 1.807) is 17.2 Å². The monoisotopic (exact) mass is 408 g/mol. The van der Waals surface area contributed by atoms with Crippen LogP contribution < -0.4 is 11.3 Å². The average molecular weight is 408 g/mol. The van der Waals surface area contributed by atoms with Crippen LogP contribution in [0.4, 0.5) is 4.39 Å². The van der Waals surface area contributed by atoms with Gasteiger partial charge in [-0.2, -0.15) is 0 Å². The number of carbonyl (C=O) groups is 2. The van der Waals surface area contributed by atoms with Crippen LogP contribution in [-0.4, -0.2) is 32.4 Å². The zero-order chi connectivity index (χ0) is 21.6. The number of hydrogen-bond acceptors (Lipinski definition) is 3. The molecule has 0 atom stereocenters. The van der Waals surface area contributed by atoms with Gasteiger partial charge < -0.3 is 15.2 Å². The molecule has 1 aliphatic rings. The molecule has 7 nitrogen and oxygen atoms in total. The predicted molar refractivity (Wildman–Crippen MR) is 109 cm³/mol. The molecular weight excluding hydrogens is 387 g/mol. The van der Waals surface area contributed by atoms with Crippen molar-refractivity contribution in [3.05, 3.63) is 86.8 Å². The number of pyridine rings is 1. The number of nitrogens with zero attached hydrogens (tertiary/aromatic N) is 3. The van der Waals surface area contributed by atoms with E-state index in [0.29, 0.717) is 35.3 Å². The molecule has 0 fully saturated rings. The molecule has 1 aliphatic heterocycles. The molecule has 0 saturated carbocycles. The van der Waals surface area contributed by atoms with Gasteiger partial charge in [-0.05, 0) is 54.8 Å². The summed E-state index contributed by atoms with van der Waals surface area (Å²) in [5.41, 5.74) is 8.01. The Morgan fingerprint density at radius 1 is 1.13 bits per heavy atom. The molecule has 30 heavy (non-hydrogen) atoms. The normalized spacial score (nSPS) is 13.2. The highest BCUT2D eigenvalue weighted by atomic mass is 19.1. The summed E-state index contributed by atoms with van der Waals surface area (Å²) in [5.74, 6) is -1.36. The summed E-state index contributed by atoms with van der Waals surface area (Å²) >= 11 is 0. The van der Waals surface area contributed by atoms with Crippen LogP contribution in [-0.2, 0) is 20.0 Å². The molecule has 0 bridgehead atoms. The minimum Gasteiger partial charge on any atom is -0.365 e. The second-order valence-corrected chi connectivity index (χ2v) is 7.43. The Balaban J connectivity index is 1.79. The molecule has 0 aliphatic carbocycles. The van der Waals surface area contributed by atoms with Gasteiger partial charge >= 0.3 is 0 Å². The molecule has 3 aromatic rings. The smallest absolute Gasteiger partial charge is 0.268 e. The zero-order valence-corrected chi connectivity index (χ0v) is 16.7. The van der Waals surface area contributed by atoms with Crippen molar-refractivity contribution in [2.24, 2.45) is 12.8 Å². The topological polar surface area (TPSA) is 90.3 Å². The maximum atomic E-state index is 13.3. The summed E-state index contributed by atoms with van der Waals surface area (Å²) in [6, 6.07) is 7.15. The first-order valence-corrected chi connectivity index (χ1v) is 9.52. The number of fused-ring (bicyclic) bond motifs is 1. The molecule has 8 heteroatoms. The van der Waals surface area contributed by atoms with E-state index in [4.69, 9.17) is 5.73 Å². The Morgan fingerprint density at radius 3 is 2.43 bits per heavy atom. The highest BCUT2D eigenvalue weighted by Gasteiger charge is 2.28. The van der Waals surface area contributed by atoms with Crippen molar-refractivity contribution < 1.29 is 14.0 Å². The van der Waals surface area contributed by atoms with E-state index in [0.717, 1.165) is 5.69 Å². The number of hydrogen-bond donors (Lipinski definition) is 1. The quantitative estimate of drug-likeness (QED) is 0.718. The third-order valence-electron chi connectivity index (χ3n) is 5.65. The van der Waals surface area contributed by atoms with Crippen molar-refractivity contribution in [2.75, 3.05) is 6.54 Å². The van der Waals surface area contributed by atoms with E-state index in [9.17, 15) is 18.8 Å². The summed E-state index contributed by atoms with van der Waals surface area (Å²) in [7, 11) is 1.87. The van der Waals surface area contributed by atoms with Gasteiger partial charge in [-0.15, -0.1) is 0 Å². The van der Waals surface area contributed by atoms with E-state index in [1.807, 2.05) is 24.7 Å². The van der Waals surface area contributed by atoms with Gasteiger partial charge in [-0.25, -0.2) is 4.39 Å². The molecule has 2 amide bonds. The maximum Gasteiger partial charge on any atom is 0.268 e. The number of benzene rings is 1. The van der Waals surface area contributed by atoms with Crippen molar-refractivity contribution in [1.82, 2.24) is 14.0 Å². The van der Waals surface area contributed by atoms with Gasteiger partial charge in [0.1, 0.15) is 11.4 Å². The average Bonchev–Trinajstić information content (AvgIpc) is 3.05. The summed E-state index contributed by atoms with van der Waals surface area (Å²) in [6.45, 7) is 2.49. The Morgan fingerprint density at radius 2 is 1.83 bits per heavy atom. The molecule has 1 aromatic carbocycles. The van der Waals surface area contributed by atoms with Crippen LogP contribution in [0.5, 0.6) is 0 Å². The van der Waals surface area contributed by atoms with Crippen molar-refractivity contribution in [1.29, 1.82) is 0 Å². The molecule has 2 N–H and O–H groups in total. The van der Waals surface area contributed by atoms with Gasteiger partial charge in [0.25, 0.3) is 17.4 Å². The van der Waals surface area contributed by atoms with E-state index >= 15 is 0 Å². The summed E-state index contributed by atoms with van der Waals surface area (Å²) in [4.78, 5) is 39.7. The highest BCUT2D eigenvalue weighted by Crippen LogP contribution is 2.24. The summed E-state index contributed by atoms with van der Waals surface area (Å²) < 4.78 is 16.5. The lowest BCUT2D eigenvalue weighted by Crippen LogP contribution is -2.40. The standard InChI is InChI=1S/C22H21FN4O3/c1-13-17(7-9-25(13)2)21(29)26-10-8-18-14(11-26)12-27(22(30)19(18)20(24)28)16-5-3-15(23)4-6-16/h3-7,9,12H,8,10-11H2,1-2H3,(H2,24,28). The number of aryl methyl sites for hydroxylation is 1. The van der Waals surface area contributed by atoms with Crippen LogP contribution in [0.2, 0.25) is 0 Å². The number of nitrogens with two attached hydrogens (primary N) is 1. The molecular formula is C22H21FN4O3. The SMILES string of the molecule is Cc1c(C(=O)N2CCc3c(cn(-c4ccc(F)cc4)c(=O)c3C(N)=O)C2)ccn1C. The number of amides is 2. The van der Waals surface area contributed by atoms with E-state index in [2.05, 4.69) is 0 Å². The lowest BCUT2D eigenvalue weighted by atomic mass is 9.95. The summed E-state index contributed by atoms with van der Waals surface area (Å²) in [6.07, 6.45) is 3.79. The van der Waals surface area contributed by atoms with Crippen molar-refractivity contribution in [3.8, 4) is 5.69 Å². The van der Waals surface area contributed by atoms with Crippen LogP contribution in [0.25, 0.3) is 5.69 Å². The molecule has 0 spiro atoms. The molecule has 0 radical (unpaired) electrons. The summed E-state index contributed by atoms with van der Waals surface area (Å²) in [5, 5.41) is 0. The van der Waals surface area contributed by atoms with Crippen LogP contribution in [0.1, 0.15) is 37.5 Å². The lowest BCUT2D eigenvalue weighted by molar-refractivity contribution is 0.0733. The van der Waals surface area contributed by atoms with Crippen molar-refractivity contribution in [2.45, 2.75) is 19.9 Å².